The van der Waals surface area contributed by atoms with Gasteiger partial charge in [0.15, 0.2) is 0 Å². The van der Waals surface area contributed by atoms with E-state index in [1.54, 1.807) is 11.3 Å². The lowest BCUT2D eigenvalue weighted by Gasteiger charge is -2.12. The Morgan fingerprint density at radius 2 is 1.67 bits per heavy atom. The van der Waals surface area contributed by atoms with Gasteiger partial charge >= 0.3 is 0 Å². The molecule has 0 aliphatic carbocycles. The number of hydrogen-bond acceptors (Lipinski definition) is 3. The van der Waals surface area contributed by atoms with Gasteiger partial charge in [0.05, 0.1) is 0 Å². The van der Waals surface area contributed by atoms with Crippen molar-refractivity contribution in [3.63, 3.8) is 0 Å². The number of rotatable bonds is 1. The van der Waals surface area contributed by atoms with Crippen molar-refractivity contribution in [2.45, 2.75) is 9.79 Å². The molecule has 1 aliphatic rings. The summed E-state index contributed by atoms with van der Waals surface area (Å²) in [5.41, 5.74) is 1.31. The Hall–Kier alpha value is -0.640. The zero-order chi connectivity index (χ0) is 10.1. The molecule has 74 valence electrons. The minimum Gasteiger partial charge on any atom is -0.150 e. The van der Waals surface area contributed by atoms with E-state index in [2.05, 4.69) is 46.5 Å². The van der Waals surface area contributed by atoms with Crippen LogP contribution in [-0.4, -0.2) is 0 Å². The van der Waals surface area contributed by atoms with E-state index in [1.807, 2.05) is 23.5 Å². The van der Waals surface area contributed by atoms with E-state index in [0.29, 0.717) is 0 Å². The van der Waals surface area contributed by atoms with Crippen molar-refractivity contribution >= 4 is 39.8 Å². The zero-order valence-corrected chi connectivity index (χ0v) is 10.3. The SMILES string of the molecule is C1=C(c2ccccc2)Sc2cscc2S1. The van der Waals surface area contributed by atoms with Crippen molar-refractivity contribution in [1.82, 2.24) is 0 Å². The molecule has 0 fully saturated rings. The van der Waals surface area contributed by atoms with Gasteiger partial charge in [-0.15, -0.1) is 0 Å². The van der Waals surface area contributed by atoms with Crippen LogP contribution in [-0.2, 0) is 0 Å². The summed E-state index contributed by atoms with van der Waals surface area (Å²) in [5.74, 6) is 0. The molecule has 2 heterocycles. The Balaban J connectivity index is 1.95. The quantitative estimate of drug-likeness (QED) is 0.700. The largest absolute Gasteiger partial charge is 0.150 e. The van der Waals surface area contributed by atoms with Crippen molar-refractivity contribution in [2.24, 2.45) is 0 Å². The highest BCUT2D eigenvalue weighted by Gasteiger charge is 2.14. The molecular weight excluding hydrogens is 240 g/mol. The molecule has 1 aliphatic heterocycles. The lowest BCUT2D eigenvalue weighted by molar-refractivity contribution is 1.35. The normalized spacial score (nSPS) is 14.5. The van der Waals surface area contributed by atoms with Gasteiger partial charge in [0, 0.05) is 25.5 Å². The fourth-order valence-electron chi connectivity index (χ4n) is 1.42. The summed E-state index contributed by atoms with van der Waals surface area (Å²) < 4.78 is 0. The van der Waals surface area contributed by atoms with Crippen molar-refractivity contribution in [3.05, 3.63) is 52.1 Å². The minimum atomic E-state index is 1.31. The fourth-order valence-corrected chi connectivity index (χ4v) is 4.69. The predicted octanol–water partition coefficient (Wildman–Crippen LogP) is 4.94. The summed E-state index contributed by atoms with van der Waals surface area (Å²) in [5, 5.41) is 6.68. The first-order valence-electron chi connectivity index (χ1n) is 4.60. The predicted molar refractivity (Wildman–Crippen MR) is 70.5 cm³/mol. The van der Waals surface area contributed by atoms with Gasteiger partial charge in [-0.3, -0.25) is 0 Å². The Morgan fingerprint density at radius 3 is 2.53 bits per heavy atom. The first-order chi connectivity index (χ1) is 7.43. The molecule has 15 heavy (non-hydrogen) atoms. The van der Waals surface area contributed by atoms with Gasteiger partial charge in [-0.25, -0.2) is 0 Å². The molecule has 0 bridgehead atoms. The Morgan fingerprint density at radius 1 is 0.867 bits per heavy atom. The van der Waals surface area contributed by atoms with Gasteiger partial charge in [-0.2, -0.15) is 11.3 Å². The monoisotopic (exact) mass is 248 g/mol. The van der Waals surface area contributed by atoms with E-state index in [-0.39, 0.29) is 0 Å². The molecule has 0 N–H and O–H groups in total. The van der Waals surface area contributed by atoms with Gasteiger partial charge in [0.2, 0.25) is 0 Å². The zero-order valence-electron chi connectivity index (χ0n) is 7.84. The lowest BCUT2D eigenvalue weighted by Crippen LogP contribution is -1.83. The van der Waals surface area contributed by atoms with Gasteiger partial charge < -0.3 is 0 Å². The average Bonchev–Trinajstić information content (AvgIpc) is 2.77. The molecule has 0 saturated carbocycles. The maximum absolute atomic E-state index is 2.25. The van der Waals surface area contributed by atoms with E-state index >= 15 is 0 Å². The summed E-state index contributed by atoms with van der Waals surface area (Å²) in [7, 11) is 0. The Bertz CT molecular complexity index is 497. The smallest absolute Gasteiger partial charge is 0.0369 e. The average molecular weight is 248 g/mol. The molecule has 0 amide bonds. The van der Waals surface area contributed by atoms with Gasteiger partial charge in [0.25, 0.3) is 0 Å². The second kappa shape index (κ2) is 4.08. The molecule has 0 unspecified atom stereocenters. The number of thiophene rings is 1. The van der Waals surface area contributed by atoms with Crippen molar-refractivity contribution < 1.29 is 0 Å². The molecule has 1 aromatic carbocycles. The minimum absolute atomic E-state index is 1.31. The number of benzene rings is 1. The second-order valence-electron chi connectivity index (χ2n) is 3.17. The second-order valence-corrected chi connectivity index (χ2v) is 5.91. The number of fused-ring (bicyclic) bond motifs is 1. The number of thioether (sulfide) groups is 2. The number of hydrogen-bond donors (Lipinski definition) is 0. The fraction of sp³-hybridized carbons (Fsp3) is 0. The summed E-state index contributed by atoms with van der Waals surface area (Å²) in [6.07, 6.45) is 0. The molecule has 3 heteroatoms. The highest BCUT2D eigenvalue weighted by atomic mass is 32.2. The molecule has 2 aromatic rings. The third kappa shape index (κ3) is 1.87. The van der Waals surface area contributed by atoms with Crippen LogP contribution in [0.25, 0.3) is 4.91 Å². The van der Waals surface area contributed by atoms with Crippen LogP contribution in [0, 0.1) is 0 Å². The molecule has 0 atom stereocenters. The van der Waals surface area contributed by atoms with Crippen LogP contribution in [0.4, 0.5) is 0 Å². The third-order valence-corrected chi connectivity index (χ3v) is 5.56. The van der Waals surface area contributed by atoms with Crippen LogP contribution in [0.5, 0.6) is 0 Å². The Labute approximate surface area is 101 Å². The highest BCUT2D eigenvalue weighted by molar-refractivity contribution is 8.12. The highest BCUT2D eigenvalue weighted by Crippen LogP contribution is 2.47. The first-order valence-corrected chi connectivity index (χ1v) is 7.24. The standard InChI is InChI=1S/C12H8S3/c1-2-4-9(5-3-1)10-8-14-11-6-13-7-12(11)15-10/h1-8H. The van der Waals surface area contributed by atoms with Crippen LogP contribution >= 0.6 is 34.9 Å². The van der Waals surface area contributed by atoms with Crippen molar-refractivity contribution in [1.29, 1.82) is 0 Å². The van der Waals surface area contributed by atoms with E-state index in [9.17, 15) is 0 Å². The summed E-state index contributed by atoms with van der Waals surface area (Å²) in [6, 6.07) is 10.6. The summed E-state index contributed by atoms with van der Waals surface area (Å²) >= 11 is 5.47. The topological polar surface area (TPSA) is 0 Å². The van der Waals surface area contributed by atoms with E-state index < -0.39 is 0 Å². The molecule has 0 nitrogen and oxygen atoms in total. The van der Waals surface area contributed by atoms with Crippen molar-refractivity contribution in [2.75, 3.05) is 0 Å². The molecule has 0 spiro atoms. The summed E-state index contributed by atoms with van der Waals surface area (Å²) in [4.78, 5) is 4.14. The van der Waals surface area contributed by atoms with E-state index in [4.69, 9.17) is 0 Å². The lowest BCUT2D eigenvalue weighted by atomic mass is 10.2. The molecule has 3 rings (SSSR count). The molecule has 0 radical (unpaired) electrons. The molecule has 1 aromatic heterocycles. The van der Waals surface area contributed by atoms with Gasteiger partial charge in [-0.1, -0.05) is 53.9 Å². The Kier molecular flexibility index (Phi) is 2.61. The van der Waals surface area contributed by atoms with Crippen molar-refractivity contribution in [3.8, 4) is 0 Å². The maximum atomic E-state index is 2.25. The van der Waals surface area contributed by atoms with Crippen LogP contribution in [0.15, 0.2) is 56.3 Å². The van der Waals surface area contributed by atoms with Gasteiger partial charge in [-0.05, 0) is 11.0 Å². The first kappa shape index (κ1) is 9.58. The summed E-state index contributed by atoms with van der Waals surface area (Å²) in [6.45, 7) is 0. The van der Waals surface area contributed by atoms with Crippen LogP contribution < -0.4 is 0 Å². The van der Waals surface area contributed by atoms with Crippen LogP contribution in [0.2, 0.25) is 0 Å². The third-order valence-electron chi connectivity index (χ3n) is 2.16. The molecule has 0 saturated heterocycles. The van der Waals surface area contributed by atoms with E-state index in [0.717, 1.165) is 0 Å². The maximum Gasteiger partial charge on any atom is 0.0369 e. The van der Waals surface area contributed by atoms with Gasteiger partial charge in [0.1, 0.15) is 0 Å². The van der Waals surface area contributed by atoms with Crippen LogP contribution in [0.1, 0.15) is 5.56 Å². The van der Waals surface area contributed by atoms with Crippen LogP contribution in [0.3, 0.4) is 0 Å². The van der Waals surface area contributed by atoms with E-state index in [1.165, 1.54) is 20.3 Å². The molecular formula is C12H8S3.